The molecule has 1 atom stereocenters. The molecular formula is C13H15ClN2OS. The molecule has 0 saturated carbocycles. The minimum absolute atomic E-state index is 0.356. The fraction of sp³-hybridized carbons (Fsp3) is 0.308. The molecule has 0 spiro atoms. The first-order valence-corrected chi connectivity index (χ1v) is 6.76. The number of hydrogen-bond donors (Lipinski definition) is 1. The zero-order valence-electron chi connectivity index (χ0n) is 10.5. The first-order valence-electron chi connectivity index (χ1n) is 5.56. The number of nitrogens with two attached hydrogens (primary N) is 1. The van der Waals surface area contributed by atoms with Crippen molar-refractivity contribution in [2.75, 3.05) is 7.11 Å². The second-order valence-electron chi connectivity index (χ2n) is 4.03. The van der Waals surface area contributed by atoms with Crippen molar-refractivity contribution < 1.29 is 4.74 Å². The zero-order chi connectivity index (χ0) is 13.3. The summed E-state index contributed by atoms with van der Waals surface area (Å²) in [5.74, 6) is 0.695. The summed E-state index contributed by atoms with van der Waals surface area (Å²) in [5.41, 5.74) is 8.06. The Morgan fingerprint density at radius 1 is 1.39 bits per heavy atom. The predicted molar refractivity (Wildman–Crippen MR) is 75.6 cm³/mol. The van der Waals surface area contributed by atoms with E-state index in [1.807, 2.05) is 32.0 Å². The molecule has 2 N–H and O–H groups in total. The number of benzene rings is 1. The largest absolute Gasteiger partial charge is 0.496 e. The van der Waals surface area contributed by atoms with Gasteiger partial charge in [0, 0.05) is 15.5 Å². The van der Waals surface area contributed by atoms with E-state index in [0.29, 0.717) is 10.8 Å². The summed E-state index contributed by atoms with van der Waals surface area (Å²) in [6.07, 6.45) is 0. The summed E-state index contributed by atoms with van der Waals surface area (Å²) in [6, 6.07) is 5.16. The van der Waals surface area contributed by atoms with Gasteiger partial charge in [0.25, 0.3) is 0 Å². The van der Waals surface area contributed by atoms with E-state index < -0.39 is 0 Å². The van der Waals surface area contributed by atoms with E-state index in [9.17, 15) is 0 Å². The summed E-state index contributed by atoms with van der Waals surface area (Å²) >= 11 is 7.81. The number of aryl methyl sites for hydroxylation is 2. The number of halogens is 1. The van der Waals surface area contributed by atoms with Crippen molar-refractivity contribution in [1.82, 2.24) is 4.98 Å². The van der Waals surface area contributed by atoms with Crippen molar-refractivity contribution in [2.45, 2.75) is 19.9 Å². The van der Waals surface area contributed by atoms with Gasteiger partial charge < -0.3 is 10.5 Å². The minimum atomic E-state index is -0.356. The third kappa shape index (κ3) is 2.36. The van der Waals surface area contributed by atoms with Gasteiger partial charge in [0.2, 0.25) is 0 Å². The van der Waals surface area contributed by atoms with Crippen LogP contribution in [0.3, 0.4) is 0 Å². The molecular weight excluding hydrogens is 268 g/mol. The van der Waals surface area contributed by atoms with Crippen molar-refractivity contribution >= 4 is 22.9 Å². The van der Waals surface area contributed by atoms with Crippen LogP contribution in [0.4, 0.5) is 0 Å². The highest BCUT2D eigenvalue weighted by atomic mass is 35.5. The highest BCUT2D eigenvalue weighted by Crippen LogP contribution is 2.36. The molecule has 96 valence electrons. The molecule has 18 heavy (non-hydrogen) atoms. The van der Waals surface area contributed by atoms with Crippen LogP contribution in [0.5, 0.6) is 5.75 Å². The summed E-state index contributed by atoms with van der Waals surface area (Å²) in [4.78, 5) is 5.66. The number of ether oxygens (including phenoxy) is 1. The van der Waals surface area contributed by atoms with Crippen molar-refractivity contribution in [2.24, 2.45) is 5.73 Å². The Bertz CT molecular complexity index is 549. The molecule has 2 rings (SSSR count). The Labute approximate surface area is 116 Å². The van der Waals surface area contributed by atoms with Crippen LogP contribution in [0.1, 0.15) is 27.2 Å². The third-order valence-corrected chi connectivity index (χ3v) is 4.34. The van der Waals surface area contributed by atoms with Gasteiger partial charge in [-0.2, -0.15) is 0 Å². The lowest BCUT2D eigenvalue weighted by Gasteiger charge is -2.15. The minimum Gasteiger partial charge on any atom is -0.496 e. The van der Waals surface area contributed by atoms with E-state index >= 15 is 0 Å². The van der Waals surface area contributed by atoms with Crippen LogP contribution in [0, 0.1) is 13.8 Å². The van der Waals surface area contributed by atoms with Gasteiger partial charge >= 0.3 is 0 Å². The van der Waals surface area contributed by atoms with Gasteiger partial charge in [0.15, 0.2) is 0 Å². The Morgan fingerprint density at radius 3 is 2.67 bits per heavy atom. The fourth-order valence-corrected chi connectivity index (χ4v) is 2.97. The van der Waals surface area contributed by atoms with Gasteiger partial charge in [-0.25, -0.2) is 4.98 Å². The first-order chi connectivity index (χ1) is 8.54. The Hall–Kier alpha value is -1.10. The van der Waals surface area contributed by atoms with Crippen LogP contribution in [-0.4, -0.2) is 12.1 Å². The van der Waals surface area contributed by atoms with Crippen molar-refractivity contribution in [3.63, 3.8) is 0 Å². The highest BCUT2D eigenvalue weighted by Gasteiger charge is 2.20. The zero-order valence-corrected chi connectivity index (χ0v) is 12.1. The summed E-state index contributed by atoms with van der Waals surface area (Å²) < 4.78 is 5.32. The third-order valence-electron chi connectivity index (χ3n) is 2.85. The molecule has 0 aliphatic heterocycles. The van der Waals surface area contributed by atoms with E-state index in [2.05, 4.69) is 4.98 Å². The first kappa shape index (κ1) is 13.3. The summed E-state index contributed by atoms with van der Waals surface area (Å²) in [5, 5.41) is 1.46. The smallest absolute Gasteiger partial charge is 0.125 e. The van der Waals surface area contributed by atoms with Crippen molar-refractivity contribution in [3.05, 3.63) is 44.4 Å². The molecule has 1 aromatic carbocycles. The molecule has 0 amide bonds. The standard InChI is InChI=1S/C13H15ClN2OS/c1-7-8(2)18-13(16-7)12(15)11-9(14)5-4-6-10(11)17-3/h4-6,12H,15H2,1-3H3. The number of hydrogen-bond acceptors (Lipinski definition) is 4. The molecule has 1 unspecified atom stereocenters. The second kappa shape index (κ2) is 5.26. The monoisotopic (exact) mass is 282 g/mol. The molecule has 3 nitrogen and oxygen atoms in total. The highest BCUT2D eigenvalue weighted by molar-refractivity contribution is 7.11. The lowest BCUT2D eigenvalue weighted by Crippen LogP contribution is -2.13. The van der Waals surface area contributed by atoms with E-state index in [1.165, 1.54) is 4.88 Å². The van der Waals surface area contributed by atoms with Gasteiger partial charge in [-0.15, -0.1) is 11.3 Å². The number of nitrogens with zero attached hydrogens (tertiary/aromatic N) is 1. The molecule has 0 aliphatic carbocycles. The van der Waals surface area contributed by atoms with Gasteiger partial charge in [-0.05, 0) is 26.0 Å². The molecule has 2 aromatic rings. The maximum absolute atomic E-state index is 6.26. The topological polar surface area (TPSA) is 48.1 Å². The average molecular weight is 283 g/mol. The Balaban J connectivity index is 2.48. The Morgan fingerprint density at radius 2 is 2.11 bits per heavy atom. The molecule has 0 radical (unpaired) electrons. The number of aromatic nitrogens is 1. The quantitative estimate of drug-likeness (QED) is 0.938. The van der Waals surface area contributed by atoms with Gasteiger partial charge in [-0.1, -0.05) is 17.7 Å². The molecule has 0 aliphatic rings. The van der Waals surface area contributed by atoms with Crippen LogP contribution < -0.4 is 10.5 Å². The lowest BCUT2D eigenvalue weighted by atomic mass is 10.1. The van der Waals surface area contributed by atoms with Crippen LogP contribution in [0.15, 0.2) is 18.2 Å². The average Bonchev–Trinajstić information content (AvgIpc) is 2.68. The predicted octanol–water partition coefficient (Wildman–Crippen LogP) is 3.47. The second-order valence-corrected chi connectivity index (χ2v) is 5.67. The number of thiazole rings is 1. The summed E-state index contributed by atoms with van der Waals surface area (Å²) in [7, 11) is 1.61. The van der Waals surface area contributed by atoms with Gasteiger partial charge in [0.1, 0.15) is 10.8 Å². The molecule has 1 heterocycles. The van der Waals surface area contributed by atoms with Crippen LogP contribution in [0.2, 0.25) is 5.02 Å². The van der Waals surface area contributed by atoms with E-state index in [4.69, 9.17) is 22.1 Å². The molecule has 0 bridgehead atoms. The molecule has 5 heteroatoms. The van der Waals surface area contributed by atoms with E-state index in [1.54, 1.807) is 18.4 Å². The van der Waals surface area contributed by atoms with Gasteiger partial charge in [-0.3, -0.25) is 0 Å². The SMILES string of the molecule is COc1cccc(Cl)c1C(N)c1nc(C)c(C)s1. The number of methoxy groups -OCH3 is 1. The van der Waals surface area contributed by atoms with Crippen LogP contribution in [0.25, 0.3) is 0 Å². The number of rotatable bonds is 3. The van der Waals surface area contributed by atoms with E-state index in [0.717, 1.165) is 16.3 Å². The van der Waals surface area contributed by atoms with Crippen LogP contribution in [-0.2, 0) is 0 Å². The normalized spacial score (nSPS) is 12.5. The van der Waals surface area contributed by atoms with Crippen molar-refractivity contribution in [3.8, 4) is 5.75 Å². The molecule has 0 saturated heterocycles. The maximum Gasteiger partial charge on any atom is 0.125 e. The van der Waals surface area contributed by atoms with Gasteiger partial charge in [0.05, 0.1) is 18.8 Å². The Kier molecular flexibility index (Phi) is 3.90. The lowest BCUT2D eigenvalue weighted by molar-refractivity contribution is 0.408. The maximum atomic E-state index is 6.26. The molecule has 1 aromatic heterocycles. The van der Waals surface area contributed by atoms with E-state index in [-0.39, 0.29) is 6.04 Å². The summed E-state index contributed by atoms with van der Waals surface area (Å²) in [6.45, 7) is 4.01. The van der Waals surface area contributed by atoms with Crippen molar-refractivity contribution in [1.29, 1.82) is 0 Å². The van der Waals surface area contributed by atoms with Crippen LogP contribution >= 0.6 is 22.9 Å². The fourth-order valence-electron chi connectivity index (χ4n) is 1.75. The molecule has 0 fully saturated rings.